The highest BCUT2D eigenvalue weighted by molar-refractivity contribution is 5.93. The number of likely N-dealkylation sites (tertiary alicyclic amines) is 1. The van der Waals surface area contributed by atoms with Crippen LogP contribution in [-0.2, 0) is 6.54 Å². The van der Waals surface area contributed by atoms with E-state index < -0.39 is 5.91 Å². The fourth-order valence-electron chi connectivity index (χ4n) is 4.48. The minimum absolute atomic E-state index is 0.472. The molecule has 1 atom stereocenters. The minimum Gasteiger partial charge on any atom is -0.299 e. The fourth-order valence-corrected chi connectivity index (χ4v) is 4.48. The van der Waals surface area contributed by atoms with Gasteiger partial charge in [-0.1, -0.05) is 61.0 Å². The van der Waals surface area contributed by atoms with Crippen molar-refractivity contribution < 1.29 is 10.0 Å². The van der Waals surface area contributed by atoms with Crippen LogP contribution in [0.1, 0.15) is 53.1 Å². The van der Waals surface area contributed by atoms with Gasteiger partial charge in [-0.2, -0.15) is 0 Å². The van der Waals surface area contributed by atoms with Crippen LogP contribution < -0.4 is 5.48 Å². The third-order valence-electron chi connectivity index (χ3n) is 6.06. The molecule has 0 bridgehead atoms. The second kappa shape index (κ2) is 9.21. The summed E-state index contributed by atoms with van der Waals surface area (Å²) >= 11 is 0. The zero-order valence-electron chi connectivity index (χ0n) is 16.7. The molecule has 0 aliphatic carbocycles. The van der Waals surface area contributed by atoms with Crippen molar-refractivity contribution in [3.05, 3.63) is 83.4 Å². The monoisotopic (exact) mass is 388 g/mol. The molecular weight excluding hydrogens is 360 g/mol. The van der Waals surface area contributed by atoms with Crippen molar-refractivity contribution in [2.24, 2.45) is 0 Å². The largest absolute Gasteiger partial charge is 0.299 e. The van der Waals surface area contributed by atoms with E-state index in [0.717, 1.165) is 19.6 Å². The number of fused-ring (bicyclic) bond motifs is 1. The molecule has 0 spiro atoms. The van der Waals surface area contributed by atoms with E-state index in [2.05, 4.69) is 47.4 Å². The van der Waals surface area contributed by atoms with Crippen LogP contribution in [0.2, 0.25) is 0 Å². The summed E-state index contributed by atoms with van der Waals surface area (Å²) in [5, 5.41) is 11.5. The van der Waals surface area contributed by atoms with Gasteiger partial charge in [-0.25, -0.2) is 5.48 Å². The van der Waals surface area contributed by atoms with Crippen molar-refractivity contribution in [2.75, 3.05) is 13.1 Å². The molecule has 0 saturated carbocycles. The van der Waals surface area contributed by atoms with Crippen molar-refractivity contribution in [3.8, 4) is 0 Å². The van der Waals surface area contributed by atoms with E-state index in [4.69, 9.17) is 5.21 Å². The molecule has 1 saturated heterocycles. The SMILES string of the molecule is O=C(NO)c1ccc(CN2CCCCC(c3cccc4ccccc34)CC2)cc1. The van der Waals surface area contributed by atoms with E-state index in [1.165, 1.54) is 47.6 Å². The van der Waals surface area contributed by atoms with Crippen molar-refractivity contribution in [2.45, 2.75) is 38.1 Å². The van der Waals surface area contributed by atoms with E-state index in [1.54, 1.807) is 17.6 Å². The van der Waals surface area contributed by atoms with Gasteiger partial charge in [0.25, 0.3) is 5.91 Å². The predicted octanol–water partition coefficient (Wildman–Crippen LogP) is 5.12. The molecule has 4 heteroatoms. The van der Waals surface area contributed by atoms with Crippen molar-refractivity contribution in [1.82, 2.24) is 10.4 Å². The van der Waals surface area contributed by atoms with Crippen molar-refractivity contribution >= 4 is 16.7 Å². The summed E-state index contributed by atoms with van der Waals surface area (Å²) < 4.78 is 0. The molecule has 0 aromatic heterocycles. The Labute approximate surface area is 172 Å². The number of hydrogen-bond acceptors (Lipinski definition) is 3. The highest BCUT2D eigenvalue weighted by Crippen LogP contribution is 2.33. The van der Waals surface area contributed by atoms with Crippen LogP contribution in [0.15, 0.2) is 66.7 Å². The van der Waals surface area contributed by atoms with Crippen LogP contribution in [0, 0.1) is 0 Å². The zero-order chi connectivity index (χ0) is 20.1. The maximum absolute atomic E-state index is 11.5. The molecule has 1 unspecified atom stereocenters. The lowest BCUT2D eigenvalue weighted by atomic mass is 9.86. The highest BCUT2D eigenvalue weighted by atomic mass is 16.5. The second-order valence-corrected chi connectivity index (χ2v) is 7.96. The minimum atomic E-state index is -0.472. The smallest absolute Gasteiger partial charge is 0.274 e. The molecule has 1 heterocycles. The summed E-state index contributed by atoms with van der Waals surface area (Å²) in [7, 11) is 0. The van der Waals surface area contributed by atoms with Crippen LogP contribution in [0.25, 0.3) is 10.8 Å². The first kappa shape index (κ1) is 19.6. The number of nitrogens with one attached hydrogen (secondary N) is 1. The number of amides is 1. The summed E-state index contributed by atoms with van der Waals surface area (Å²) in [6.07, 6.45) is 4.89. The summed E-state index contributed by atoms with van der Waals surface area (Å²) in [5.41, 5.74) is 4.84. The van der Waals surface area contributed by atoms with E-state index in [1.807, 2.05) is 12.1 Å². The topological polar surface area (TPSA) is 52.6 Å². The molecule has 4 rings (SSSR count). The van der Waals surface area contributed by atoms with Gasteiger partial charge >= 0.3 is 0 Å². The number of hydrogen-bond donors (Lipinski definition) is 2. The van der Waals surface area contributed by atoms with Gasteiger partial charge in [0.05, 0.1) is 0 Å². The molecular formula is C25H28N2O2. The molecule has 1 amide bonds. The van der Waals surface area contributed by atoms with Crippen LogP contribution in [-0.4, -0.2) is 29.1 Å². The van der Waals surface area contributed by atoms with Gasteiger partial charge in [-0.05, 0) is 72.3 Å². The number of carbonyl (C=O) groups is 1. The lowest BCUT2D eigenvalue weighted by molar-refractivity contribution is 0.0706. The van der Waals surface area contributed by atoms with Gasteiger partial charge in [-0.15, -0.1) is 0 Å². The predicted molar refractivity (Wildman–Crippen MR) is 116 cm³/mol. The molecule has 1 aliphatic rings. The number of rotatable bonds is 4. The Balaban J connectivity index is 1.45. The molecule has 4 nitrogen and oxygen atoms in total. The lowest BCUT2D eigenvalue weighted by Crippen LogP contribution is -2.28. The average molecular weight is 389 g/mol. The standard InChI is InChI=1S/C25H28N2O2/c28-25(26-29)22-13-11-19(12-14-22)18-27-16-4-3-7-21(15-17-27)24-10-5-8-20-6-1-2-9-23(20)24/h1-2,5-6,8-14,21,29H,3-4,7,15-18H2,(H,26,28). The van der Waals surface area contributed by atoms with E-state index in [0.29, 0.717) is 11.5 Å². The summed E-state index contributed by atoms with van der Waals surface area (Å²) in [6, 6.07) is 22.9. The Bertz CT molecular complexity index is 963. The number of hydroxylamine groups is 1. The third-order valence-corrected chi connectivity index (χ3v) is 6.06. The van der Waals surface area contributed by atoms with E-state index in [-0.39, 0.29) is 0 Å². The van der Waals surface area contributed by atoms with Gasteiger partial charge < -0.3 is 0 Å². The van der Waals surface area contributed by atoms with Crippen LogP contribution >= 0.6 is 0 Å². The Morgan fingerprint density at radius 1 is 0.931 bits per heavy atom. The summed E-state index contributed by atoms with van der Waals surface area (Å²) in [5.74, 6) is 0.125. The Hall–Kier alpha value is -2.69. The van der Waals surface area contributed by atoms with Gasteiger partial charge in [0.2, 0.25) is 0 Å². The van der Waals surface area contributed by atoms with Crippen LogP contribution in [0.4, 0.5) is 0 Å². The Morgan fingerprint density at radius 3 is 2.55 bits per heavy atom. The summed E-state index contributed by atoms with van der Waals surface area (Å²) in [4.78, 5) is 14.0. The van der Waals surface area contributed by atoms with Gasteiger partial charge in [-0.3, -0.25) is 14.9 Å². The molecule has 1 fully saturated rings. The number of carbonyl (C=O) groups excluding carboxylic acids is 1. The Morgan fingerprint density at radius 2 is 1.72 bits per heavy atom. The number of nitrogens with zero attached hydrogens (tertiary/aromatic N) is 1. The van der Waals surface area contributed by atoms with Gasteiger partial charge in [0, 0.05) is 12.1 Å². The molecule has 150 valence electrons. The van der Waals surface area contributed by atoms with Crippen LogP contribution in [0.3, 0.4) is 0 Å². The number of benzene rings is 3. The zero-order valence-corrected chi connectivity index (χ0v) is 16.7. The molecule has 1 aliphatic heterocycles. The van der Waals surface area contributed by atoms with E-state index >= 15 is 0 Å². The first-order chi connectivity index (χ1) is 14.2. The fraction of sp³-hybridized carbons (Fsp3) is 0.320. The molecule has 3 aromatic carbocycles. The lowest BCUT2D eigenvalue weighted by Gasteiger charge is -2.29. The van der Waals surface area contributed by atoms with Gasteiger partial charge in [0.15, 0.2) is 0 Å². The first-order valence-electron chi connectivity index (χ1n) is 10.5. The quantitative estimate of drug-likeness (QED) is 0.482. The average Bonchev–Trinajstić information content (AvgIpc) is 2.75. The van der Waals surface area contributed by atoms with E-state index in [9.17, 15) is 4.79 Å². The van der Waals surface area contributed by atoms with Gasteiger partial charge in [0.1, 0.15) is 0 Å². The molecule has 0 radical (unpaired) electrons. The maximum atomic E-state index is 11.5. The Kier molecular flexibility index (Phi) is 6.23. The van der Waals surface area contributed by atoms with Crippen molar-refractivity contribution in [3.63, 3.8) is 0 Å². The highest BCUT2D eigenvalue weighted by Gasteiger charge is 2.19. The molecule has 29 heavy (non-hydrogen) atoms. The summed E-state index contributed by atoms with van der Waals surface area (Å²) in [6.45, 7) is 3.08. The maximum Gasteiger partial charge on any atom is 0.274 e. The van der Waals surface area contributed by atoms with Crippen LogP contribution in [0.5, 0.6) is 0 Å². The second-order valence-electron chi connectivity index (χ2n) is 7.96. The molecule has 3 aromatic rings. The first-order valence-corrected chi connectivity index (χ1v) is 10.5. The third kappa shape index (κ3) is 4.66. The van der Waals surface area contributed by atoms with Crippen molar-refractivity contribution in [1.29, 1.82) is 0 Å². The normalized spacial score (nSPS) is 18.2. The molecule has 2 N–H and O–H groups in total.